The molecule has 0 bridgehead atoms. The molecule has 1 amide bonds. The molecule has 1 heterocycles. The second-order valence-corrected chi connectivity index (χ2v) is 5.81. The Labute approximate surface area is 145 Å². The molecule has 6 heteroatoms. The van der Waals surface area contributed by atoms with Crippen LogP contribution in [0.15, 0.2) is 58.6 Å². The zero-order valence-electron chi connectivity index (χ0n) is 13.9. The number of anilines is 1. The number of hydrogen-bond donors (Lipinski definition) is 1. The van der Waals surface area contributed by atoms with E-state index >= 15 is 0 Å². The highest BCUT2D eigenvalue weighted by Gasteiger charge is 2.33. The van der Waals surface area contributed by atoms with Gasteiger partial charge in [0.05, 0.1) is 22.6 Å². The predicted molar refractivity (Wildman–Crippen MR) is 96.8 cm³/mol. The Balaban J connectivity index is 1.88. The summed E-state index contributed by atoms with van der Waals surface area (Å²) >= 11 is 0. The molecule has 2 aromatic rings. The summed E-state index contributed by atoms with van der Waals surface area (Å²) in [6, 6.07) is 14.0. The second-order valence-electron chi connectivity index (χ2n) is 5.81. The van der Waals surface area contributed by atoms with Crippen molar-refractivity contribution in [3.8, 4) is 0 Å². The molecule has 1 aliphatic rings. The highest BCUT2D eigenvalue weighted by Crippen LogP contribution is 2.25. The number of hydrazone groups is 1. The van der Waals surface area contributed by atoms with Gasteiger partial charge in [-0.1, -0.05) is 24.3 Å². The van der Waals surface area contributed by atoms with E-state index in [2.05, 4.69) is 10.1 Å². The van der Waals surface area contributed by atoms with E-state index in [9.17, 15) is 14.7 Å². The van der Waals surface area contributed by atoms with Gasteiger partial charge in [-0.3, -0.25) is 9.79 Å². The molecule has 0 radical (unpaired) electrons. The highest BCUT2D eigenvalue weighted by atomic mass is 16.4. The molecule has 0 spiro atoms. The van der Waals surface area contributed by atoms with E-state index < -0.39 is 11.9 Å². The van der Waals surface area contributed by atoms with Crippen molar-refractivity contribution in [2.75, 3.05) is 5.01 Å². The van der Waals surface area contributed by atoms with Crippen molar-refractivity contribution in [3.05, 3.63) is 59.7 Å². The van der Waals surface area contributed by atoms with Crippen molar-refractivity contribution in [3.63, 3.8) is 0 Å². The molecule has 1 N–H and O–H groups in total. The van der Waals surface area contributed by atoms with E-state index in [1.165, 1.54) is 17.3 Å². The summed E-state index contributed by atoms with van der Waals surface area (Å²) < 4.78 is 0. The van der Waals surface area contributed by atoms with Crippen molar-refractivity contribution in [2.24, 2.45) is 16.0 Å². The van der Waals surface area contributed by atoms with Gasteiger partial charge in [-0.2, -0.15) is 10.1 Å². The average Bonchev–Trinajstić information content (AvgIpc) is 2.88. The van der Waals surface area contributed by atoms with Gasteiger partial charge in [0.1, 0.15) is 5.92 Å². The summed E-state index contributed by atoms with van der Waals surface area (Å²) in [6.45, 7) is 3.61. The second kappa shape index (κ2) is 6.68. The van der Waals surface area contributed by atoms with Gasteiger partial charge < -0.3 is 5.11 Å². The van der Waals surface area contributed by atoms with Gasteiger partial charge in [0.25, 0.3) is 5.91 Å². The monoisotopic (exact) mass is 335 g/mol. The minimum absolute atomic E-state index is 0.0989. The number of carboxylic acids is 1. The molecule has 1 atom stereocenters. The first-order chi connectivity index (χ1) is 12.0. The number of rotatable bonds is 4. The molecule has 0 saturated carbocycles. The number of nitrogens with zero attached hydrogens (tertiary/aromatic N) is 3. The average molecular weight is 335 g/mol. The number of hydrogen-bond acceptors (Lipinski definition) is 4. The predicted octanol–water partition coefficient (Wildman–Crippen LogP) is 3.43. The fraction of sp³-hybridized carbons (Fsp3) is 0.158. The van der Waals surface area contributed by atoms with Gasteiger partial charge in [-0.25, -0.2) is 4.79 Å². The summed E-state index contributed by atoms with van der Waals surface area (Å²) in [5.74, 6) is -1.87. The van der Waals surface area contributed by atoms with E-state index in [-0.39, 0.29) is 11.5 Å². The molecule has 126 valence electrons. The van der Waals surface area contributed by atoms with E-state index in [4.69, 9.17) is 0 Å². The molecule has 0 saturated heterocycles. The fourth-order valence-corrected chi connectivity index (χ4v) is 2.59. The zero-order valence-corrected chi connectivity index (χ0v) is 13.9. The SMILES string of the molecule is CC1=NN(c2ccccc2)C(=O)C1/C=N/c1cc(C)ccc1C(=O)O. The molecule has 0 fully saturated rings. The van der Waals surface area contributed by atoms with Crippen molar-refractivity contribution in [1.82, 2.24) is 0 Å². The third kappa shape index (κ3) is 3.33. The largest absolute Gasteiger partial charge is 0.478 e. The Morgan fingerprint density at radius 3 is 2.60 bits per heavy atom. The molecular formula is C19H17N3O3. The standard InChI is InChI=1S/C19H17N3O3/c1-12-8-9-15(19(24)25)17(10-12)20-11-16-13(2)21-22(18(16)23)14-6-4-3-5-7-14/h3-11,16H,1-2H3,(H,24,25)/b20-11+. The van der Waals surface area contributed by atoms with Crippen molar-refractivity contribution in [2.45, 2.75) is 13.8 Å². The zero-order chi connectivity index (χ0) is 18.0. The van der Waals surface area contributed by atoms with Crippen molar-refractivity contribution in [1.29, 1.82) is 0 Å². The topological polar surface area (TPSA) is 82.3 Å². The Morgan fingerprint density at radius 1 is 1.20 bits per heavy atom. The minimum atomic E-state index is -1.05. The number of aromatic carboxylic acids is 1. The lowest BCUT2D eigenvalue weighted by molar-refractivity contribution is -0.118. The smallest absolute Gasteiger partial charge is 0.337 e. The highest BCUT2D eigenvalue weighted by molar-refractivity contribution is 6.23. The van der Waals surface area contributed by atoms with Gasteiger partial charge in [0.2, 0.25) is 0 Å². The molecule has 6 nitrogen and oxygen atoms in total. The molecule has 3 rings (SSSR count). The van der Waals surface area contributed by atoms with Gasteiger partial charge in [-0.15, -0.1) is 0 Å². The van der Waals surface area contributed by atoms with Crippen LogP contribution >= 0.6 is 0 Å². The van der Waals surface area contributed by atoms with E-state index in [0.29, 0.717) is 17.1 Å². The number of carboxylic acid groups (broad SMARTS) is 1. The maximum absolute atomic E-state index is 12.6. The number of aliphatic imine (C=N–C) groups is 1. The van der Waals surface area contributed by atoms with Crippen LogP contribution in [0.1, 0.15) is 22.8 Å². The van der Waals surface area contributed by atoms with Crippen LogP contribution < -0.4 is 5.01 Å². The Kier molecular flexibility index (Phi) is 4.43. The molecule has 25 heavy (non-hydrogen) atoms. The van der Waals surface area contributed by atoms with Gasteiger partial charge in [0, 0.05) is 6.21 Å². The number of aryl methyl sites for hydroxylation is 1. The van der Waals surface area contributed by atoms with E-state index in [0.717, 1.165) is 5.56 Å². The Bertz CT molecular complexity index is 888. The lowest BCUT2D eigenvalue weighted by Gasteiger charge is -2.12. The first-order valence-electron chi connectivity index (χ1n) is 7.79. The molecule has 1 unspecified atom stereocenters. The van der Waals surface area contributed by atoms with Crippen LogP contribution in [0, 0.1) is 12.8 Å². The fourth-order valence-electron chi connectivity index (χ4n) is 2.59. The van der Waals surface area contributed by atoms with Crippen LogP contribution in [-0.2, 0) is 4.79 Å². The number of carbonyl (C=O) groups is 2. The van der Waals surface area contributed by atoms with Crippen molar-refractivity contribution >= 4 is 35.2 Å². The lowest BCUT2D eigenvalue weighted by Crippen LogP contribution is -2.27. The maximum atomic E-state index is 12.6. The van der Waals surface area contributed by atoms with Crippen LogP contribution in [0.4, 0.5) is 11.4 Å². The molecule has 1 aliphatic heterocycles. The molecule has 0 aromatic heterocycles. The van der Waals surface area contributed by atoms with Crippen LogP contribution in [-0.4, -0.2) is 28.9 Å². The van der Waals surface area contributed by atoms with Crippen LogP contribution in [0.3, 0.4) is 0 Å². The first-order valence-corrected chi connectivity index (χ1v) is 7.79. The number of amides is 1. The Hall–Kier alpha value is -3.28. The molecule has 0 aliphatic carbocycles. The van der Waals surface area contributed by atoms with Crippen LogP contribution in [0.25, 0.3) is 0 Å². The van der Waals surface area contributed by atoms with Gasteiger partial charge >= 0.3 is 5.97 Å². The normalized spacial score (nSPS) is 17.2. The molecular weight excluding hydrogens is 318 g/mol. The lowest BCUT2D eigenvalue weighted by atomic mass is 10.1. The van der Waals surface area contributed by atoms with Gasteiger partial charge in [-0.05, 0) is 43.7 Å². The van der Waals surface area contributed by atoms with Crippen LogP contribution in [0.5, 0.6) is 0 Å². The summed E-state index contributed by atoms with van der Waals surface area (Å²) in [5, 5.41) is 14.9. The number of benzene rings is 2. The van der Waals surface area contributed by atoms with Crippen molar-refractivity contribution < 1.29 is 14.7 Å². The minimum Gasteiger partial charge on any atom is -0.478 e. The summed E-state index contributed by atoms with van der Waals surface area (Å²) in [5.41, 5.74) is 2.62. The number of carbonyl (C=O) groups excluding carboxylic acids is 1. The maximum Gasteiger partial charge on any atom is 0.337 e. The van der Waals surface area contributed by atoms with E-state index in [1.807, 2.05) is 25.1 Å². The summed E-state index contributed by atoms with van der Waals surface area (Å²) in [4.78, 5) is 28.2. The molecule has 2 aromatic carbocycles. The quantitative estimate of drug-likeness (QED) is 0.869. The third-order valence-electron chi connectivity index (χ3n) is 3.93. The van der Waals surface area contributed by atoms with E-state index in [1.54, 1.807) is 31.2 Å². The third-order valence-corrected chi connectivity index (χ3v) is 3.93. The van der Waals surface area contributed by atoms with Gasteiger partial charge in [0.15, 0.2) is 0 Å². The first kappa shape index (κ1) is 16.6. The Morgan fingerprint density at radius 2 is 1.92 bits per heavy atom. The number of para-hydroxylation sites is 1. The summed E-state index contributed by atoms with van der Waals surface area (Å²) in [6.07, 6.45) is 1.46. The van der Waals surface area contributed by atoms with Crippen LogP contribution in [0.2, 0.25) is 0 Å². The summed E-state index contributed by atoms with van der Waals surface area (Å²) in [7, 11) is 0.